The Morgan fingerprint density at radius 3 is 2.52 bits per heavy atom. The number of aryl methyl sites for hydroxylation is 2. The van der Waals surface area contributed by atoms with Gasteiger partial charge in [-0.1, -0.05) is 28.1 Å². The highest BCUT2D eigenvalue weighted by atomic mass is 79.9. The lowest BCUT2D eigenvalue weighted by atomic mass is 9.85. The van der Waals surface area contributed by atoms with Crippen molar-refractivity contribution >= 4 is 27.7 Å². The van der Waals surface area contributed by atoms with Gasteiger partial charge in [0.05, 0.1) is 0 Å². The third kappa shape index (κ3) is 2.94. The van der Waals surface area contributed by atoms with E-state index in [4.69, 9.17) is 10.5 Å². The predicted octanol–water partition coefficient (Wildman–Crippen LogP) is 4.50. The molecular weight excluding hydrogens is 430 g/mol. The summed E-state index contributed by atoms with van der Waals surface area (Å²) >= 11 is 3.54. The minimum absolute atomic E-state index is 0.0404. The molecule has 0 spiro atoms. The summed E-state index contributed by atoms with van der Waals surface area (Å²) < 4.78 is 7.24. The SMILES string of the molecule is Cc1cc(N)nc(C)c1CNC(=O)c1ccc2c(c1)C1OC2c2ccc(Br)cc21. The van der Waals surface area contributed by atoms with Crippen LogP contribution in [0.3, 0.4) is 0 Å². The number of nitrogen functional groups attached to an aromatic ring is 1. The summed E-state index contributed by atoms with van der Waals surface area (Å²) in [6.07, 6.45) is -0.151. The molecule has 2 aromatic carbocycles. The lowest BCUT2D eigenvalue weighted by molar-refractivity contribution is 0.0857. The maximum atomic E-state index is 12.8. The van der Waals surface area contributed by atoms with Gasteiger partial charge >= 0.3 is 0 Å². The van der Waals surface area contributed by atoms with Crippen molar-refractivity contribution in [3.8, 4) is 0 Å². The maximum Gasteiger partial charge on any atom is 0.251 e. The van der Waals surface area contributed by atoms with E-state index in [0.29, 0.717) is 17.9 Å². The van der Waals surface area contributed by atoms with E-state index >= 15 is 0 Å². The molecule has 5 rings (SSSR count). The first-order chi connectivity index (χ1) is 13.9. The Balaban J connectivity index is 1.39. The van der Waals surface area contributed by atoms with Crippen molar-refractivity contribution in [1.82, 2.24) is 10.3 Å². The van der Waals surface area contributed by atoms with Gasteiger partial charge in [-0.05, 0) is 77.6 Å². The highest BCUT2D eigenvalue weighted by Crippen LogP contribution is 2.54. The van der Waals surface area contributed by atoms with Crippen LogP contribution in [0.1, 0.15) is 61.6 Å². The molecule has 1 aromatic heterocycles. The molecule has 0 aliphatic carbocycles. The zero-order chi connectivity index (χ0) is 20.3. The van der Waals surface area contributed by atoms with Crippen molar-refractivity contribution in [2.75, 3.05) is 5.73 Å². The van der Waals surface area contributed by atoms with Gasteiger partial charge in [0, 0.05) is 22.3 Å². The van der Waals surface area contributed by atoms with Gasteiger partial charge in [0.1, 0.15) is 18.0 Å². The molecule has 2 aliphatic rings. The number of rotatable bonds is 3. The summed E-state index contributed by atoms with van der Waals surface area (Å²) in [7, 11) is 0. The van der Waals surface area contributed by atoms with Crippen LogP contribution in [0.2, 0.25) is 0 Å². The van der Waals surface area contributed by atoms with Gasteiger partial charge in [-0.15, -0.1) is 0 Å². The van der Waals surface area contributed by atoms with Crippen LogP contribution in [0.25, 0.3) is 0 Å². The maximum absolute atomic E-state index is 12.8. The van der Waals surface area contributed by atoms with E-state index in [1.165, 1.54) is 11.1 Å². The van der Waals surface area contributed by atoms with Gasteiger partial charge in [0.15, 0.2) is 0 Å². The lowest BCUT2D eigenvalue weighted by Gasteiger charge is -2.17. The smallest absolute Gasteiger partial charge is 0.251 e. The Labute approximate surface area is 177 Å². The van der Waals surface area contributed by atoms with Crippen LogP contribution < -0.4 is 11.1 Å². The topological polar surface area (TPSA) is 77.2 Å². The minimum atomic E-state index is -0.110. The predicted molar refractivity (Wildman–Crippen MR) is 115 cm³/mol. The number of carbonyl (C=O) groups is 1. The minimum Gasteiger partial charge on any atom is -0.384 e. The van der Waals surface area contributed by atoms with Crippen molar-refractivity contribution in [1.29, 1.82) is 0 Å². The Kier molecular flexibility index (Phi) is 4.22. The number of ether oxygens (including phenoxy) is 1. The molecule has 0 fully saturated rings. The van der Waals surface area contributed by atoms with Crippen molar-refractivity contribution in [2.24, 2.45) is 0 Å². The first-order valence-corrected chi connectivity index (χ1v) is 10.3. The first-order valence-electron chi connectivity index (χ1n) is 9.52. The average molecular weight is 450 g/mol. The van der Waals surface area contributed by atoms with Crippen LogP contribution in [0.15, 0.2) is 46.9 Å². The molecular formula is C23H20BrN3O2. The van der Waals surface area contributed by atoms with Crippen molar-refractivity contribution in [3.63, 3.8) is 0 Å². The van der Waals surface area contributed by atoms with Gasteiger partial charge < -0.3 is 15.8 Å². The second kappa shape index (κ2) is 6.68. The second-order valence-electron chi connectivity index (χ2n) is 7.62. The highest BCUT2D eigenvalue weighted by Gasteiger charge is 2.42. The summed E-state index contributed by atoms with van der Waals surface area (Å²) in [5.41, 5.74) is 13.9. The van der Waals surface area contributed by atoms with Gasteiger partial charge in [-0.25, -0.2) is 4.98 Å². The molecule has 2 unspecified atom stereocenters. The number of nitrogens with two attached hydrogens (primary N) is 1. The van der Waals surface area contributed by atoms with E-state index in [1.54, 1.807) is 0 Å². The van der Waals surface area contributed by atoms with Gasteiger partial charge in [0.25, 0.3) is 5.91 Å². The standard InChI is InChI=1S/C23H20BrN3O2/c1-11-7-20(25)27-12(2)19(11)10-26-23(28)13-3-5-15-17(8-13)22-18-9-14(24)4-6-16(18)21(15)29-22/h3-9,21-22H,10H2,1-2H3,(H2,25,27)(H,26,28). The van der Waals surface area contributed by atoms with Crippen molar-refractivity contribution < 1.29 is 9.53 Å². The number of amides is 1. The Bertz CT molecular complexity index is 1150. The Morgan fingerprint density at radius 2 is 1.76 bits per heavy atom. The average Bonchev–Trinajstić information content (AvgIpc) is 3.23. The molecule has 2 atom stereocenters. The molecule has 29 heavy (non-hydrogen) atoms. The summed E-state index contributed by atoms with van der Waals surface area (Å²) in [6, 6.07) is 13.9. The number of carbonyl (C=O) groups excluding carboxylic acids is 1. The Morgan fingerprint density at radius 1 is 1.07 bits per heavy atom. The van der Waals surface area contributed by atoms with E-state index in [-0.39, 0.29) is 18.1 Å². The summed E-state index contributed by atoms with van der Waals surface area (Å²) in [5.74, 6) is 0.385. The van der Waals surface area contributed by atoms with E-state index in [1.807, 2.05) is 44.2 Å². The van der Waals surface area contributed by atoms with Gasteiger partial charge in [0.2, 0.25) is 0 Å². The molecule has 2 aliphatic heterocycles. The number of aromatic nitrogens is 1. The normalized spacial score (nSPS) is 18.4. The number of hydrogen-bond acceptors (Lipinski definition) is 4. The van der Waals surface area contributed by atoms with Crippen LogP contribution >= 0.6 is 15.9 Å². The number of halogens is 1. The number of hydrogen-bond donors (Lipinski definition) is 2. The fraction of sp³-hybridized carbons (Fsp3) is 0.217. The second-order valence-corrected chi connectivity index (χ2v) is 8.54. The molecule has 0 saturated carbocycles. The fourth-order valence-corrected chi connectivity index (χ4v) is 4.76. The zero-order valence-electron chi connectivity index (χ0n) is 16.1. The number of nitrogens with one attached hydrogen (secondary N) is 1. The number of nitrogens with zero attached hydrogens (tertiary/aromatic N) is 1. The third-order valence-corrected chi connectivity index (χ3v) is 6.29. The van der Waals surface area contributed by atoms with Crippen LogP contribution in [-0.4, -0.2) is 10.9 Å². The molecule has 5 nitrogen and oxygen atoms in total. The molecule has 0 saturated heterocycles. The largest absolute Gasteiger partial charge is 0.384 e. The van der Waals surface area contributed by atoms with Crippen LogP contribution in [0.4, 0.5) is 5.82 Å². The fourth-order valence-electron chi connectivity index (χ4n) is 4.38. The number of anilines is 1. The van der Waals surface area contributed by atoms with E-state index in [9.17, 15) is 4.79 Å². The molecule has 3 aromatic rings. The van der Waals surface area contributed by atoms with Crippen LogP contribution in [0, 0.1) is 13.8 Å². The summed E-state index contributed by atoms with van der Waals surface area (Å²) in [4.78, 5) is 17.1. The molecule has 6 heteroatoms. The van der Waals surface area contributed by atoms with Gasteiger partial charge in [-0.2, -0.15) is 0 Å². The zero-order valence-corrected chi connectivity index (χ0v) is 17.7. The number of benzene rings is 2. The first kappa shape index (κ1) is 18.3. The molecule has 0 radical (unpaired) electrons. The lowest BCUT2D eigenvalue weighted by Crippen LogP contribution is -2.24. The van der Waals surface area contributed by atoms with Crippen LogP contribution in [-0.2, 0) is 11.3 Å². The molecule has 2 bridgehead atoms. The highest BCUT2D eigenvalue weighted by molar-refractivity contribution is 9.10. The number of fused-ring (bicyclic) bond motifs is 8. The van der Waals surface area contributed by atoms with E-state index < -0.39 is 0 Å². The van der Waals surface area contributed by atoms with Crippen LogP contribution in [0.5, 0.6) is 0 Å². The van der Waals surface area contributed by atoms with Gasteiger partial charge in [-0.3, -0.25) is 4.79 Å². The number of pyridine rings is 1. The molecule has 1 amide bonds. The van der Waals surface area contributed by atoms with E-state index in [2.05, 4.69) is 38.4 Å². The van der Waals surface area contributed by atoms with Crippen molar-refractivity contribution in [3.05, 3.63) is 91.6 Å². The molecule has 146 valence electrons. The summed E-state index contributed by atoms with van der Waals surface area (Å²) in [6.45, 7) is 4.30. The van der Waals surface area contributed by atoms with Crippen molar-refractivity contribution in [2.45, 2.75) is 32.6 Å². The third-order valence-electron chi connectivity index (χ3n) is 5.80. The summed E-state index contributed by atoms with van der Waals surface area (Å²) in [5, 5.41) is 3.01. The quantitative estimate of drug-likeness (QED) is 0.616. The monoisotopic (exact) mass is 449 g/mol. The van der Waals surface area contributed by atoms with E-state index in [0.717, 1.165) is 32.4 Å². The molecule has 3 N–H and O–H groups in total. The molecule has 3 heterocycles. The Hall–Kier alpha value is -2.70.